The summed E-state index contributed by atoms with van der Waals surface area (Å²) in [5, 5.41) is 4.28. The molecule has 0 atom stereocenters. The van der Waals surface area contributed by atoms with Crippen LogP contribution < -0.4 is 5.32 Å². The topological polar surface area (TPSA) is 68.3 Å². The minimum Gasteiger partial charge on any atom is -0.455 e. The molecule has 0 unspecified atom stereocenters. The molecule has 0 spiro atoms. The number of ether oxygens (including phenoxy) is 1. The van der Waals surface area contributed by atoms with E-state index in [2.05, 4.69) is 4.98 Å². The Morgan fingerprint density at radius 1 is 1.10 bits per heavy atom. The summed E-state index contributed by atoms with van der Waals surface area (Å²) in [5.74, 6) is -1.73. The van der Waals surface area contributed by atoms with Crippen molar-refractivity contribution < 1.29 is 27.5 Å². The number of carbonyl (C=O) groups excluding carboxylic acids is 2. The number of benzene rings is 1. The fraction of sp³-hybridized carbons (Fsp3) is 0.211. The second-order valence-electron chi connectivity index (χ2n) is 5.86. The Hall–Kier alpha value is -2.72. The molecule has 2 heterocycles. The molecule has 0 saturated heterocycles. The second-order valence-corrected chi connectivity index (χ2v) is 7.89. The van der Waals surface area contributed by atoms with Crippen molar-refractivity contribution in [2.45, 2.75) is 12.6 Å². The summed E-state index contributed by atoms with van der Waals surface area (Å²) >= 11 is 2.81. The van der Waals surface area contributed by atoms with Crippen molar-refractivity contribution in [2.75, 3.05) is 13.2 Å². The number of esters is 1. The lowest BCUT2D eigenvalue weighted by molar-refractivity contribution is -0.150. The van der Waals surface area contributed by atoms with Crippen LogP contribution in [0.1, 0.15) is 4.88 Å². The zero-order chi connectivity index (χ0) is 20.9. The van der Waals surface area contributed by atoms with Gasteiger partial charge >= 0.3 is 12.1 Å². The van der Waals surface area contributed by atoms with E-state index in [0.717, 1.165) is 15.4 Å². The van der Waals surface area contributed by atoms with Crippen LogP contribution in [0.25, 0.3) is 21.1 Å². The van der Waals surface area contributed by atoms with Gasteiger partial charge in [-0.1, -0.05) is 36.4 Å². The minimum atomic E-state index is -4.52. The number of thiazole rings is 1. The van der Waals surface area contributed by atoms with Crippen LogP contribution in [-0.2, 0) is 20.7 Å². The van der Waals surface area contributed by atoms with Gasteiger partial charge in [-0.25, -0.2) is 4.98 Å². The summed E-state index contributed by atoms with van der Waals surface area (Å²) in [6.07, 6.45) is -4.66. The fourth-order valence-corrected chi connectivity index (χ4v) is 4.23. The highest BCUT2D eigenvalue weighted by Gasteiger charge is 2.28. The number of rotatable bonds is 7. The molecule has 0 fully saturated rings. The molecule has 3 rings (SSSR count). The highest BCUT2D eigenvalue weighted by Crippen LogP contribution is 2.36. The van der Waals surface area contributed by atoms with Crippen molar-refractivity contribution in [1.29, 1.82) is 0 Å². The molecule has 29 heavy (non-hydrogen) atoms. The molecule has 2 aromatic heterocycles. The summed E-state index contributed by atoms with van der Waals surface area (Å²) in [6, 6.07) is 13.2. The maximum atomic E-state index is 12.1. The lowest BCUT2D eigenvalue weighted by Gasteiger charge is -2.08. The van der Waals surface area contributed by atoms with Crippen LogP contribution in [0.4, 0.5) is 13.2 Å². The van der Waals surface area contributed by atoms with Crippen LogP contribution in [-0.4, -0.2) is 36.2 Å². The van der Waals surface area contributed by atoms with Gasteiger partial charge in [-0.05, 0) is 11.4 Å². The first kappa shape index (κ1) is 21.0. The number of hydrogen-bond donors (Lipinski definition) is 1. The summed E-state index contributed by atoms with van der Waals surface area (Å²) in [4.78, 5) is 29.7. The normalized spacial score (nSPS) is 11.3. The first-order valence-corrected chi connectivity index (χ1v) is 10.1. The van der Waals surface area contributed by atoms with Crippen LogP contribution in [0.3, 0.4) is 0 Å². The minimum absolute atomic E-state index is 0.135. The molecular weight excluding hydrogens is 425 g/mol. The van der Waals surface area contributed by atoms with E-state index in [4.69, 9.17) is 4.74 Å². The van der Waals surface area contributed by atoms with Crippen molar-refractivity contribution in [1.82, 2.24) is 10.3 Å². The third-order valence-electron chi connectivity index (χ3n) is 3.63. The van der Waals surface area contributed by atoms with E-state index < -0.39 is 31.2 Å². The molecule has 0 aliphatic rings. The number of nitrogens with one attached hydrogen (secondary N) is 1. The maximum Gasteiger partial charge on any atom is 0.405 e. The van der Waals surface area contributed by atoms with E-state index in [1.807, 2.05) is 47.8 Å². The van der Waals surface area contributed by atoms with Crippen LogP contribution in [0.2, 0.25) is 0 Å². The number of halogens is 3. The Morgan fingerprint density at radius 2 is 1.86 bits per heavy atom. The SMILES string of the molecule is O=C(COC(=O)Cc1sc(-c2ccccc2)nc1-c1cccs1)NCC(F)(F)F. The Labute approximate surface area is 172 Å². The molecular formula is C19H15F3N2O3S2. The van der Waals surface area contributed by atoms with E-state index in [1.165, 1.54) is 22.7 Å². The summed E-state index contributed by atoms with van der Waals surface area (Å²) < 4.78 is 41.1. The fourth-order valence-electron chi connectivity index (χ4n) is 2.36. The van der Waals surface area contributed by atoms with Gasteiger partial charge in [0.05, 0.1) is 17.0 Å². The van der Waals surface area contributed by atoms with E-state index in [9.17, 15) is 22.8 Å². The first-order valence-electron chi connectivity index (χ1n) is 8.40. The van der Waals surface area contributed by atoms with Crippen molar-refractivity contribution in [3.05, 3.63) is 52.7 Å². The maximum absolute atomic E-state index is 12.1. The number of carbonyl (C=O) groups is 2. The molecule has 1 N–H and O–H groups in total. The van der Waals surface area contributed by atoms with Crippen molar-refractivity contribution in [3.63, 3.8) is 0 Å². The van der Waals surface area contributed by atoms with Gasteiger partial charge in [0.15, 0.2) is 6.61 Å². The molecule has 1 amide bonds. The number of amides is 1. The van der Waals surface area contributed by atoms with E-state index in [1.54, 1.807) is 5.32 Å². The van der Waals surface area contributed by atoms with Gasteiger partial charge in [-0.15, -0.1) is 22.7 Å². The highest BCUT2D eigenvalue weighted by molar-refractivity contribution is 7.17. The molecule has 0 aliphatic carbocycles. The Balaban J connectivity index is 1.68. The zero-order valence-corrected chi connectivity index (χ0v) is 16.5. The monoisotopic (exact) mass is 440 g/mol. The molecule has 3 aromatic rings. The number of alkyl halides is 3. The van der Waals surface area contributed by atoms with Gasteiger partial charge in [0.1, 0.15) is 11.6 Å². The van der Waals surface area contributed by atoms with E-state index >= 15 is 0 Å². The lowest BCUT2D eigenvalue weighted by Crippen LogP contribution is -2.36. The third kappa shape index (κ3) is 6.13. The van der Waals surface area contributed by atoms with Crippen LogP contribution in [0.5, 0.6) is 0 Å². The van der Waals surface area contributed by atoms with Crippen molar-refractivity contribution >= 4 is 34.6 Å². The predicted molar refractivity (Wildman–Crippen MR) is 105 cm³/mol. The average Bonchev–Trinajstić information content (AvgIpc) is 3.34. The summed E-state index contributed by atoms with van der Waals surface area (Å²) in [6.45, 7) is -2.24. The van der Waals surface area contributed by atoms with Crippen molar-refractivity contribution in [3.8, 4) is 21.1 Å². The van der Waals surface area contributed by atoms with Gasteiger partial charge in [0.25, 0.3) is 5.91 Å². The van der Waals surface area contributed by atoms with Gasteiger partial charge in [0, 0.05) is 10.4 Å². The van der Waals surface area contributed by atoms with Crippen LogP contribution >= 0.6 is 22.7 Å². The van der Waals surface area contributed by atoms with Gasteiger partial charge in [-0.3, -0.25) is 9.59 Å². The molecule has 0 bridgehead atoms. The van der Waals surface area contributed by atoms with Crippen LogP contribution in [0.15, 0.2) is 47.8 Å². The van der Waals surface area contributed by atoms with Crippen LogP contribution in [0, 0.1) is 0 Å². The molecule has 0 radical (unpaired) electrons. The molecule has 5 nitrogen and oxygen atoms in total. The second kappa shape index (κ2) is 9.19. The molecule has 1 aromatic carbocycles. The molecule has 0 saturated carbocycles. The average molecular weight is 440 g/mol. The highest BCUT2D eigenvalue weighted by atomic mass is 32.1. The lowest BCUT2D eigenvalue weighted by atomic mass is 10.2. The number of hydrogen-bond acceptors (Lipinski definition) is 6. The third-order valence-corrected chi connectivity index (χ3v) is 5.61. The number of thiophene rings is 1. The van der Waals surface area contributed by atoms with Gasteiger partial charge in [0.2, 0.25) is 0 Å². The largest absolute Gasteiger partial charge is 0.455 e. The van der Waals surface area contributed by atoms with Gasteiger partial charge in [-0.2, -0.15) is 13.2 Å². The zero-order valence-electron chi connectivity index (χ0n) is 14.9. The molecule has 10 heteroatoms. The smallest absolute Gasteiger partial charge is 0.405 e. The Bertz CT molecular complexity index is 971. The van der Waals surface area contributed by atoms with Gasteiger partial charge < -0.3 is 10.1 Å². The molecule has 152 valence electrons. The Morgan fingerprint density at radius 3 is 2.52 bits per heavy atom. The van der Waals surface area contributed by atoms with Crippen molar-refractivity contribution in [2.24, 2.45) is 0 Å². The summed E-state index contributed by atoms with van der Waals surface area (Å²) in [7, 11) is 0. The number of aromatic nitrogens is 1. The first-order chi connectivity index (χ1) is 13.8. The number of nitrogens with zero attached hydrogens (tertiary/aromatic N) is 1. The van der Waals surface area contributed by atoms with E-state index in [-0.39, 0.29) is 6.42 Å². The standard InChI is InChI=1S/C19H15F3N2O3S2/c20-19(21,22)11-23-15(25)10-27-16(26)9-14-17(13-7-4-8-28-13)24-18(29-14)12-5-2-1-3-6-12/h1-8H,9-11H2,(H,23,25). The summed E-state index contributed by atoms with van der Waals surface area (Å²) in [5.41, 5.74) is 1.56. The quantitative estimate of drug-likeness (QED) is 0.556. The molecule has 0 aliphatic heterocycles. The van der Waals surface area contributed by atoms with E-state index in [0.29, 0.717) is 10.6 Å². The predicted octanol–water partition coefficient (Wildman–Crippen LogP) is 4.30. The Kier molecular flexibility index (Phi) is 6.65.